The largest absolute Gasteiger partial charge is 0.352 e. The van der Waals surface area contributed by atoms with E-state index in [1.54, 1.807) is 12.1 Å². The summed E-state index contributed by atoms with van der Waals surface area (Å²) in [7, 11) is 0. The highest BCUT2D eigenvalue weighted by Crippen LogP contribution is 2.23. The fraction of sp³-hybridized carbons (Fsp3) is 0.300. The minimum atomic E-state index is -0.185. The molecule has 2 aromatic carbocycles. The van der Waals surface area contributed by atoms with E-state index in [1.807, 2.05) is 36.4 Å². The quantitative estimate of drug-likeness (QED) is 0.772. The number of carbonyl (C=O) groups excluding carboxylic acids is 2. The summed E-state index contributed by atoms with van der Waals surface area (Å²) in [6.45, 7) is 6.74. The minimum absolute atomic E-state index is 0.0832. The molecule has 0 saturated carbocycles. The first-order chi connectivity index (χ1) is 11.8. The molecule has 0 aliphatic rings. The summed E-state index contributed by atoms with van der Waals surface area (Å²) in [4.78, 5) is 24.0. The van der Waals surface area contributed by atoms with Gasteiger partial charge in [0.05, 0.1) is 0 Å². The van der Waals surface area contributed by atoms with Crippen LogP contribution in [0.25, 0.3) is 0 Å². The number of amides is 2. The first kappa shape index (κ1) is 19.2. The van der Waals surface area contributed by atoms with Gasteiger partial charge in [-0.05, 0) is 47.4 Å². The van der Waals surface area contributed by atoms with Crippen LogP contribution in [-0.2, 0) is 10.2 Å². The molecule has 25 heavy (non-hydrogen) atoms. The van der Waals surface area contributed by atoms with Crippen molar-refractivity contribution in [2.45, 2.75) is 32.6 Å². The van der Waals surface area contributed by atoms with E-state index in [4.69, 9.17) is 0 Å². The molecule has 132 valence electrons. The van der Waals surface area contributed by atoms with E-state index in [0.29, 0.717) is 12.1 Å². The van der Waals surface area contributed by atoms with Crippen LogP contribution in [0.2, 0.25) is 0 Å². The summed E-state index contributed by atoms with van der Waals surface area (Å²) in [6, 6.07) is 14.9. The second-order valence-electron chi connectivity index (χ2n) is 6.89. The van der Waals surface area contributed by atoms with Crippen LogP contribution in [0.4, 0.5) is 5.69 Å². The number of hydrogen-bond acceptors (Lipinski definition) is 2. The molecule has 2 aromatic rings. The predicted octanol–water partition coefficient (Wildman–Crippen LogP) is 4.51. The molecular formula is C20H23BrN2O2. The molecule has 2 rings (SSSR count). The lowest BCUT2D eigenvalue weighted by Crippen LogP contribution is -2.27. The van der Waals surface area contributed by atoms with Gasteiger partial charge in [0.2, 0.25) is 5.91 Å². The number of halogens is 1. The van der Waals surface area contributed by atoms with E-state index in [2.05, 4.69) is 47.3 Å². The summed E-state index contributed by atoms with van der Waals surface area (Å²) in [6.07, 6.45) is 0.225. The molecule has 0 bridgehead atoms. The average molecular weight is 403 g/mol. The van der Waals surface area contributed by atoms with Gasteiger partial charge in [0, 0.05) is 28.7 Å². The smallest absolute Gasteiger partial charge is 0.251 e. The molecule has 0 aromatic heterocycles. The third kappa shape index (κ3) is 6.02. The first-order valence-electron chi connectivity index (χ1n) is 8.20. The summed E-state index contributed by atoms with van der Waals surface area (Å²) < 4.78 is 0.918. The summed E-state index contributed by atoms with van der Waals surface area (Å²) in [5, 5.41) is 5.59. The lowest BCUT2D eigenvalue weighted by molar-refractivity contribution is -0.116. The Morgan fingerprint density at radius 3 is 2.12 bits per heavy atom. The third-order valence-electron chi connectivity index (χ3n) is 3.78. The van der Waals surface area contributed by atoms with Crippen molar-refractivity contribution in [1.82, 2.24) is 5.32 Å². The molecule has 2 amide bonds. The predicted molar refractivity (Wildman–Crippen MR) is 105 cm³/mol. The zero-order chi connectivity index (χ0) is 18.4. The lowest BCUT2D eigenvalue weighted by Gasteiger charge is -2.19. The van der Waals surface area contributed by atoms with E-state index in [0.717, 1.165) is 10.2 Å². The Balaban J connectivity index is 1.79. The number of benzene rings is 2. The number of carbonyl (C=O) groups is 2. The molecular weight excluding hydrogens is 380 g/mol. The Morgan fingerprint density at radius 1 is 0.960 bits per heavy atom. The Morgan fingerprint density at radius 2 is 1.56 bits per heavy atom. The number of hydrogen-bond donors (Lipinski definition) is 2. The molecule has 0 aliphatic carbocycles. The molecule has 0 saturated heterocycles. The van der Waals surface area contributed by atoms with Crippen molar-refractivity contribution in [3.63, 3.8) is 0 Å². The van der Waals surface area contributed by atoms with Gasteiger partial charge in [-0.1, -0.05) is 48.8 Å². The molecule has 0 spiro atoms. The fourth-order valence-corrected chi connectivity index (χ4v) is 2.53. The van der Waals surface area contributed by atoms with Crippen LogP contribution < -0.4 is 10.6 Å². The van der Waals surface area contributed by atoms with Crippen molar-refractivity contribution in [2.75, 3.05) is 11.9 Å². The zero-order valence-electron chi connectivity index (χ0n) is 14.7. The van der Waals surface area contributed by atoms with Crippen molar-refractivity contribution in [3.8, 4) is 0 Å². The van der Waals surface area contributed by atoms with Crippen LogP contribution >= 0.6 is 15.9 Å². The van der Waals surface area contributed by atoms with Gasteiger partial charge < -0.3 is 10.6 Å². The van der Waals surface area contributed by atoms with Crippen LogP contribution in [0.5, 0.6) is 0 Å². The Kier molecular flexibility index (Phi) is 6.37. The van der Waals surface area contributed by atoms with Gasteiger partial charge >= 0.3 is 0 Å². The van der Waals surface area contributed by atoms with Crippen molar-refractivity contribution in [3.05, 3.63) is 64.1 Å². The van der Waals surface area contributed by atoms with Crippen molar-refractivity contribution in [1.29, 1.82) is 0 Å². The number of rotatable bonds is 5. The highest BCUT2D eigenvalue weighted by molar-refractivity contribution is 9.10. The molecule has 4 nitrogen and oxygen atoms in total. The van der Waals surface area contributed by atoms with Gasteiger partial charge in [0.25, 0.3) is 5.91 Å². The van der Waals surface area contributed by atoms with E-state index >= 15 is 0 Å². The van der Waals surface area contributed by atoms with E-state index in [9.17, 15) is 9.59 Å². The van der Waals surface area contributed by atoms with Crippen molar-refractivity contribution >= 4 is 33.4 Å². The molecule has 0 radical (unpaired) electrons. The first-order valence-corrected chi connectivity index (χ1v) is 8.99. The average Bonchev–Trinajstić information content (AvgIpc) is 2.55. The Bertz CT molecular complexity index is 732. The van der Waals surface area contributed by atoms with Gasteiger partial charge in [0.15, 0.2) is 0 Å². The lowest BCUT2D eigenvalue weighted by atomic mass is 9.87. The minimum Gasteiger partial charge on any atom is -0.352 e. The number of anilines is 1. The Labute approximate surface area is 157 Å². The molecule has 2 N–H and O–H groups in total. The van der Waals surface area contributed by atoms with Gasteiger partial charge in [-0.2, -0.15) is 0 Å². The van der Waals surface area contributed by atoms with Crippen molar-refractivity contribution in [2.24, 2.45) is 0 Å². The van der Waals surface area contributed by atoms with Crippen LogP contribution in [0.15, 0.2) is 53.0 Å². The normalized spacial score (nSPS) is 11.0. The van der Waals surface area contributed by atoms with Gasteiger partial charge in [0.1, 0.15) is 0 Å². The summed E-state index contributed by atoms with van der Waals surface area (Å²) in [5.74, 6) is -0.311. The molecule has 0 fully saturated rings. The standard InChI is InChI=1S/C20H23BrN2O2/c1-20(2,3)15-6-10-17(11-7-15)23-18(24)12-13-22-19(25)14-4-8-16(21)9-5-14/h4-11H,12-13H2,1-3H3,(H,22,25)(H,23,24). The highest BCUT2D eigenvalue weighted by atomic mass is 79.9. The maximum absolute atomic E-state index is 12.0. The maximum Gasteiger partial charge on any atom is 0.251 e. The summed E-state index contributed by atoms with van der Waals surface area (Å²) >= 11 is 3.33. The summed E-state index contributed by atoms with van der Waals surface area (Å²) in [5.41, 5.74) is 2.63. The van der Waals surface area contributed by atoms with Crippen molar-refractivity contribution < 1.29 is 9.59 Å². The van der Waals surface area contributed by atoms with Crippen LogP contribution in [0.1, 0.15) is 43.1 Å². The molecule has 0 aliphatic heterocycles. The zero-order valence-corrected chi connectivity index (χ0v) is 16.3. The van der Waals surface area contributed by atoms with Gasteiger partial charge in [-0.15, -0.1) is 0 Å². The second kappa shape index (κ2) is 8.30. The van der Waals surface area contributed by atoms with Gasteiger partial charge in [-0.25, -0.2) is 0 Å². The fourth-order valence-electron chi connectivity index (χ4n) is 2.27. The van der Waals surface area contributed by atoms with Gasteiger partial charge in [-0.3, -0.25) is 9.59 Å². The third-order valence-corrected chi connectivity index (χ3v) is 4.31. The SMILES string of the molecule is CC(C)(C)c1ccc(NC(=O)CCNC(=O)c2ccc(Br)cc2)cc1. The Hall–Kier alpha value is -2.14. The molecule has 0 atom stereocenters. The topological polar surface area (TPSA) is 58.2 Å². The number of nitrogens with one attached hydrogen (secondary N) is 2. The van der Waals surface area contributed by atoms with Crippen LogP contribution in [-0.4, -0.2) is 18.4 Å². The van der Waals surface area contributed by atoms with E-state index in [1.165, 1.54) is 5.56 Å². The molecule has 5 heteroatoms. The van der Waals surface area contributed by atoms with Crippen LogP contribution in [0, 0.1) is 0 Å². The highest BCUT2D eigenvalue weighted by Gasteiger charge is 2.13. The maximum atomic E-state index is 12.0. The monoisotopic (exact) mass is 402 g/mol. The second-order valence-corrected chi connectivity index (χ2v) is 7.80. The molecule has 0 unspecified atom stereocenters. The molecule has 0 heterocycles. The van der Waals surface area contributed by atoms with E-state index < -0.39 is 0 Å². The van der Waals surface area contributed by atoms with E-state index in [-0.39, 0.29) is 23.7 Å². The van der Waals surface area contributed by atoms with Crippen LogP contribution in [0.3, 0.4) is 0 Å².